The highest BCUT2D eigenvalue weighted by molar-refractivity contribution is 5.49. The van der Waals surface area contributed by atoms with Crippen molar-refractivity contribution in [2.24, 2.45) is 5.92 Å². The van der Waals surface area contributed by atoms with Gasteiger partial charge in [-0.2, -0.15) is 0 Å². The van der Waals surface area contributed by atoms with Crippen LogP contribution in [0.2, 0.25) is 0 Å². The van der Waals surface area contributed by atoms with Gasteiger partial charge in [0.25, 0.3) is 0 Å². The van der Waals surface area contributed by atoms with E-state index < -0.39 is 0 Å². The molecule has 2 aromatic rings. The number of piperidine rings is 1. The van der Waals surface area contributed by atoms with Gasteiger partial charge in [0.2, 0.25) is 0 Å². The summed E-state index contributed by atoms with van der Waals surface area (Å²) in [6.07, 6.45) is 2.46. The zero-order valence-corrected chi connectivity index (χ0v) is 15.3. The minimum absolute atomic E-state index is 0.594. The molecule has 1 fully saturated rings. The van der Waals surface area contributed by atoms with E-state index in [9.17, 15) is 0 Å². The van der Waals surface area contributed by atoms with Gasteiger partial charge in [0.05, 0.1) is 0 Å². The van der Waals surface area contributed by atoms with Crippen LogP contribution in [0.3, 0.4) is 0 Å². The maximum atomic E-state index is 2.64. The molecule has 0 amide bonds. The van der Waals surface area contributed by atoms with Gasteiger partial charge < -0.3 is 4.90 Å². The molecule has 0 saturated carbocycles. The van der Waals surface area contributed by atoms with Gasteiger partial charge in [-0.05, 0) is 61.0 Å². The minimum Gasteiger partial charge on any atom is -0.303 e. The number of benzene rings is 2. The lowest BCUT2D eigenvalue weighted by atomic mass is 9.78. The standard InChI is InChI=1S/C23H29N/c1-4-17-8-11-19-21(14-17)23(18-9-6-16(3)7-10-18)20-12-13-24(5-2)15-22(19)20/h6-11,14,20,22-23H,4-5,12-13,15H2,1-3H3/t20-,22-,23+/m1/s1. The molecule has 1 nitrogen and oxygen atoms in total. The molecule has 0 radical (unpaired) electrons. The highest BCUT2D eigenvalue weighted by Gasteiger charge is 2.43. The van der Waals surface area contributed by atoms with Crippen molar-refractivity contribution < 1.29 is 0 Å². The number of nitrogens with zero attached hydrogens (tertiary/aromatic N) is 1. The third-order valence-corrected chi connectivity index (χ3v) is 6.36. The van der Waals surface area contributed by atoms with Crippen molar-refractivity contribution in [2.45, 2.75) is 45.4 Å². The first-order valence-electron chi connectivity index (χ1n) is 9.63. The van der Waals surface area contributed by atoms with Gasteiger partial charge in [-0.25, -0.2) is 0 Å². The molecule has 0 N–H and O–H groups in total. The van der Waals surface area contributed by atoms with Crippen molar-refractivity contribution in [3.8, 4) is 0 Å². The average Bonchev–Trinajstić information content (AvgIpc) is 2.95. The lowest BCUT2D eigenvalue weighted by Crippen LogP contribution is -2.38. The summed E-state index contributed by atoms with van der Waals surface area (Å²) in [5, 5.41) is 0. The Morgan fingerprint density at radius 3 is 2.50 bits per heavy atom. The molecule has 24 heavy (non-hydrogen) atoms. The van der Waals surface area contributed by atoms with Crippen molar-refractivity contribution in [3.05, 3.63) is 70.3 Å². The molecule has 2 aromatic carbocycles. The van der Waals surface area contributed by atoms with Crippen molar-refractivity contribution in [1.29, 1.82) is 0 Å². The molecule has 0 bridgehead atoms. The minimum atomic E-state index is 0.594. The van der Waals surface area contributed by atoms with Gasteiger partial charge in [-0.1, -0.05) is 61.9 Å². The number of likely N-dealkylation sites (tertiary alicyclic amines) is 1. The molecule has 1 heteroatoms. The SMILES string of the molecule is CCc1ccc2c(c1)[C@@H](c1ccc(C)cc1)[C@@H]1CCN(CC)C[C@H]21. The van der Waals surface area contributed by atoms with E-state index >= 15 is 0 Å². The van der Waals surface area contributed by atoms with Gasteiger partial charge in [-0.15, -0.1) is 0 Å². The fourth-order valence-electron chi connectivity index (χ4n) is 4.94. The molecule has 4 rings (SSSR count). The summed E-state index contributed by atoms with van der Waals surface area (Å²) in [6, 6.07) is 16.6. The second-order valence-electron chi connectivity index (χ2n) is 7.66. The van der Waals surface area contributed by atoms with Gasteiger partial charge in [0.1, 0.15) is 0 Å². The average molecular weight is 319 g/mol. The Kier molecular flexibility index (Phi) is 4.22. The van der Waals surface area contributed by atoms with Crippen molar-refractivity contribution >= 4 is 0 Å². The largest absolute Gasteiger partial charge is 0.303 e. The number of hydrogen-bond acceptors (Lipinski definition) is 1. The van der Waals surface area contributed by atoms with E-state index in [1.165, 1.54) is 42.7 Å². The van der Waals surface area contributed by atoms with E-state index in [4.69, 9.17) is 0 Å². The van der Waals surface area contributed by atoms with Gasteiger partial charge in [-0.3, -0.25) is 0 Å². The predicted octanol–water partition coefficient (Wildman–Crippen LogP) is 5.13. The summed E-state index contributed by atoms with van der Waals surface area (Å²) in [6.45, 7) is 10.4. The van der Waals surface area contributed by atoms with Crippen LogP contribution in [-0.2, 0) is 6.42 Å². The van der Waals surface area contributed by atoms with Crippen LogP contribution < -0.4 is 0 Å². The molecule has 0 unspecified atom stereocenters. The molecular weight excluding hydrogens is 290 g/mol. The van der Waals surface area contributed by atoms with E-state index in [0.29, 0.717) is 11.8 Å². The predicted molar refractivity (Wildman–Crippen MR) is 102 cm³/mol. The van der Waals surface area contributed by atoms with Gasteiger partial charge >= 0.3 is 0 Å². The highest BCUT2D eigenvalue weighted by atomic mass is 15.1. The maximum absolute atomic E-state index is 2.64. The second-order valence-corrected chi connectivity index (χ2v) is 7.66. The molecule has 0 spiro atoms. The first-order valence-corrected chi connectivity index (χ1v) is 9.63. The van der Waals surface area contributed by atoms with Crippen LogP contribution in [0.1, 0.15) is 59.9 Å². The molecule has 1 aliphatic heterocycles. The van der Waals surface area contributed by atoms with Crippen LogP contribution >= 0.6 is 0 Å². The number of fused-ring (bicyclic) bond motifs is 3. The molecule has 1 saturated heterocycles. The smallest absolute Gasteiger partial charge is 0.0127 e. The quantitative estimate of drug-likeness (QED) is 0.758. The van der Waals surface area contributed by atoms with Gasteiger partial charge in [0, 0.05) is 18.4 Å². The monoisotopic (exact) mass is 319 g/mol. The Morgan fingerprint density at radius 2 is 1.79 bits per heavy atom. The van der Waals surface area contributed by atoms with Gasteiger partial charge in [0.15, 0.2) is 0 Å². The number of rotatable bonds is 3. The fourth-order valence-corrected chi connectivity index (χ4v) is 4.94. The van der Waals surface area contributed by atoms with E-state index in [0.717, 1.165) is 12.3 Å². The van der Waals surface area contributed by atoms with Crippen LogP contribution in [0.5, 0.6) is 0 Å². The molecule has 1 aliphatic carbocycles. The molecule has 3 atom stereocenters. The first kappa shape index (κ1) is 15.9. The zero-order valence-electron chi connectivity index (χ0n) is 15.3. The molecular formula is C23H29N. The van der Waals surface area contributed by atoms with E-state index in [1.54, 1.807) is 11.1 Å². The van der Waals surface area contributed by atoms with E-state index in [1.807, 2.05) is 0 Å². The lowest BCUT2D eigenvalue weighted by molar-refractivity contribution is 0.167. The Bertz CT molecular complexity index is 715. The Labute approximate surface area is 146 Å². The third kappa shape index (κ3) is 2.59. The molecule has 126 valence electrons. The first-order chi connectivity index (χ1) is 11.7. The zero-order chi connectivity index (χ0) is 16.7. The maximum Gasteiger partial charge on any atom is 0.0127 e. The lowest BCUT2D eigenvalue weighted by Gasteiger charge is -2.37. The van der Waals surface area contributed by atoms with Crippen LogP contribution in [0.25, 0.3) is 0 Å². The summed E-state index contributed by atoms with van der Waals surface area (Å²) in [7, 11) is 0. The van der Waals surface area contributed by atoms with Crippen LogP contribution in [0.15, 0.2) is 42.5 Å². The Hall–Kier alpha value is -1.60. The van der Waals surface area contributed by atoms with Crippen LogP contribution in [-0.4, -0.2) is 24.5 Å². The normalized spacial score (nSPS) is 26.2. The third-order valence-electron chi connectivity index (χ3n) is 6.36. The summed E-state index contributed by atoms with van der Waals surface area (Å²) in [5.74, 6) is 2.08. The number of hydrogen-bond donors (Lipinski definition) is 0. The molecule has 1 heterocycles. The second kappa shape index (κ2) is 6.37. The van der Waals surface area contributed by atoms with E-state index in [-0.39, 0.29) is 0 Å². The number of likely N-dealkylation sites (N-methyl/N-ethyl adjacent to an activating group) is 1. The summed E-state index contributed by atoms with van der Waals surface area (Å²) in [4.78, 5) is 2.64. The van der Waals surface area contributed by atoms with Crippen molar-refractivity contribution in [1.82, 2.24) is 4.90 Å². The fraction of sp³-hybridized carbons (Fsp3) is 0.478. The van der Waals surface area contributed by atoms with E-state index in [2.05, 4.69) is 68.1 Å². The highest BCUT2D eigenvalue weighted by Crippen LogP contribution is 2.53. The Balaban J connectivity index is 1.80. The van der Waals surface area contributed by atoms with Crippen LogP contribution in [0.4, 0.5) is 0 Å². The number of aryl methyl sites for hydroxylation is 2. The topological polar surface area (TPSA) is 3.24 Å². The summed E-state index contributed by atoms with van der Waals surface area (Å²) < 4.78 is 0. The summed E-state index contributed by atoms with van der Waals surface area (Å²) in [5.41, 5.74) is 7.60. The van der Waals surface area contributed by atoms with Crippen molar-refractivity contribution in [2.75, 3.05) is 19.6 Å². The van der Waals surface area contributed by atoms with Crippen molar-refractivity contribution in [3.63, 3.8) is 0 Å². The van der Waals surface area contributed by atoms with Crippen LogP contribution in [0, 0.1) is 12.8 Å². The molecule has 2 aliphatic rings. The summed E-state index contributed by atoms with van der Waals surface area (Å²) >= 11 is 0. The Morgan fingerprint density at radius 1 is 1.00 bits per heavy atom. The molecule has 0 aromatic heterocycles.